The second kappa shape index (κ2) is 5.27. The number of carbonyl (C=O) groups excluding carboxylic acids is 1. The van der Waals surface area contributed by atoms with Crippen LogP contribution in [-0.2, 0) is 4.79 Å². The van der Waals surface area contributed by atoms with E-state index in [0.717, 1.165) is 0 Å². The van der Waals surface area contributed by atoms with Gasteiger partial charge in [-0.1, -0.05) is 9.97 Å². The molecule has 1 aliphatic heterocycles. The molecular weight excluding hydrogens is 262 g/mol. The third kappa shape index (κ3) is 2.60. The first kappa shape index (κ1) is 14.0. The van der Waals surface area contributed by atoms with Gasteiger partial charge in [-0.2, -0.15) is 0 Å². The Morgan fingerprint density at radius 2 is 2.10 bits per heavy atom. The Bertz CT molecular complexity index is 570. The Labute approximate surface area is 116 Å². The molecule has 2 heterocycles. The molecule has 0 unspecified atom stereocenters. The molecule has 1 atom stereocenters. The minimum absolute atomic E-state index is 0.145. The molecule has 0 aliphatic carbocycles. The van der Waals surface area contributed by atoms with Gasteiger partial charge in [0.05, 0.1) is 7.11 Å². The summed E-state index contributed by atoms with van der Waals surface area (Å²) < 4.78 is 6.55. The predicted octanol–water partition coefficient (Wildman–Crippen LogP) is -0.822. The molecule has 0 aromatic carbocycles. The quantitative estimate of drug-likeness (QED) is 0.616. The summed E-state index contributed by atoms with van der Waals surface area (Å²) in [4.78, 5) is 24.1. The van der Waals surface area contributed by atoms with Crippen LogP contribution in [0.4, 0.5) is 11.9 Å². The number of nitrogens with two attached hydrogens (primary N) is 1. The molecule has 0 fully saturated rings. The predicted molar refractivity (Wildman–Crippen MR) is 71.9 cm³/mol. The molecular formula is C11H18N7O2+. The minimum Gasteiger partial charge on any atom is -0.459 e. The van der Waals surface area contributed by atoms with Gasteiger partial charge in [-0.05, 0) is 20.8 Å². The maximum atomic E-state index is 11.6. The monoisotopic (exact) mass is 280 g/mol. The van der Waals surface area contributed by atoms with Gasteiger partial charge in [-0.25, -0.2) is 9.89 Å². The molecule has 4 N–H and O–H groups in total. The Kier molecular flexibility index (Phi) is 3.68. The molecule has 0 saturated carbocycles. The van der Waals surface area contributed by atoms with Crippen molar-refractivity contribution in [2.24, 2.45) is 5.73 Å². The molecule has 0 spiro atoms. The highest BCUT2D eigenvalue weighted by Gasteiger charge is 2.35. The highest BCUT2D eigenvalue weighted by atomic mass is 16.5. The van der Waals surface area contributed by atoms with Gasteiger partial charge in [-0.3, -0.25) is 4.79 Å². The molecule has 108 valence electrons. The van der Waals surface area contributed by atoms with Crippen molar-refractivity contribution in [3.05, 3.63) is 0 Å². The van der Waals surface area contributed by atoms with Gasteiger partial charge in [0.25, 0.3) is 17.8 Å². The van der Waals surface area contributed by atoms with Crippen LogP contribution < -0.4 is 21.1 Å². The van der Waals surface area contributed by atoms with E-state index in [1.54, 1.807) is 6.92 Å². The summed E-state index contributed by atoms with van der Waals surface area (Å²) in [5, 5.41) is 5.59. The summed E-state index contributed by atoms with van der Waals surface area (Å²) in [7, 11) is 1.46. The second-order valence-electron chi connectivity index (χ2n) is 4.67. The smallest absolute Gasteiger partial charge is 0.370 e. The topological polar surface area (TPSA) is 118 Å². The second-order valence-corrected chi connectivity index (χ2v) is 4.67. The molecule has 1 aromatic rings. The summed E-state index contributed by atoms with van der Waals surface area (Å²) >= 11 is 0. The molecule has 1 aliphatic rings. The number of carbonyl (C=O) groups is 1. The van der Waals surface area contributed by atoms with Crippen molar-refractivity contribution < 1.29 is 14.1 Å². The highest BCUT2D eigenvalue weighted by Crippen LogP contribution is 2.17. The van der Waals surface area contributed by atoms with Crippen LogP contribution in [0.2, 0.25) is 0 Å². The number of nitrogens with one attached hydrogen (secondary N) is 2. The van der Waals surface area contributed by atoms with E-state index in [4.69, 9.17) is 10.5 Å². The summed E-state index contributed by atoms with van der Waals surface area (Å²) in [6.07, 6.45) is 0. The van der Waals surface area contributed by atoms with Gasteiger partial charge in [0, 0.05) is 6.04 Å². The first-order chi connectivity index (χ1) is 9.42. The van der Waals surface area contributed by atoms with Crippen molar-refractivity contribution in [2.45, 2.75) is 32.9 Å². The number of hydrogen-bond acceptors (Lipinski definition) is 7. The van der Waals surface area contributed by atoms with Gasteiger partial charge in [0.2, 0.25) is 0 Å². The molecule has 9 heteroatoms. The standard InChI is InChI=1S/C11H17N7O2/c1-5(2)13-9-15-10(17-11(16-9)20-4)18-6(3)7(19)14-8(18)12/h5-6H,1-4H3,(H3,12,13,14,15,16,17,19)/p+1/t6-/m1/s1. The number of guanidine groups is 1. The van der Waals surface area contributed by atoms with Crippen molar-refractivity contribution in [2.75, 3.05) is 12.4 Å². The van der Waals surface area contributed by atoms with E-state index in [0.29, 0.717) is 5.95 Å². The first-order valence-electron chi connectivity index (χ1n) is 6.21. The zero-order chi connectivity index (χ0) is 14.9. The van der Waals surface area contributed by atoms with Crippen LogP contribution in [-0.4, -0.2) is 50.6 Å². The van der Waals surface area contributed by atoms with Crippen LogP contribution in [0, 0.1) is 0 Å². The minimum atomic E-state index is -0.492. The molecule has 9 nitrogen and oxygen atoms in total. The first-order valence-corrected chi connectivity index (χ1v) is 6.21. The van der Waals surface area contributed by atoms with E-state index in [2.05, 4.69) is 25.6 Å². The lowest BCUT2D eigenvalue weighted by Gasteiger charge is -2.09. The van der Waals surface area contributed by atoms with Gasteiger partial charge < -0.3 is 15.8 Å². The number of rotatable bonds is 4. The van der Waals surface area contributed by atoms with Gasteiger partial charge in [0.1, 0.15) is 0 Å². The summed E-state index contributed by atoms with van der Waals surface area (Å²) in [6.45, 7) is 5.63. The lowest BCUT2D eigenvalue weighted by molar-refractivity contribution is -0.468. The van der Waals surface area contributed by atoms with Crippen LogP contribution in [0.3, 0.4) is 0 Å². The van der Waals surface area contributed by atoms with Gasteiger partial charge in [-0.15, -0.1) is 4.98 Å². The van der Waals surface area contributed by atoms with E-state index >= 15 is 0 Å². The fourth-order valence-electron chi connectivity index (χ4n) is 1.77. The summed E-state index contributed by atoms with van der Waals surface area (Å²) in [6, 6.07) is -0.196. The lowest BCUT2D eigenvalue weighted by atomic mass is 10.3. The van der Waals surface area contributed by atoms with Crippen LogP contribution in [0.25, 0.3) is 0 Å². The average molecular weight is 280 g/mol. The van der Waals surface area contributed by atoms with Gasteiger partial charge in [0.15, 0.2) is 6.04 Å². The normalized spacial score (nSPS) is 18.4. The van der Waals surface area contributed by atoms with Gasteiger partial charge >= 0.3 is 12.0 Å². The molecule has 0 bridgehead atoms. The number of methoxy groups -OCH3 is 1. The van der Waals surface area contributed by atoms with E-state index in [9.17, 15) is 4.79 Å². The number of anilines is 1. The third-order valence-corrected chi connectivity index (χ3v) is 2.70. The van der Waals surface area contributed by atoms with Crippen LogP contribution in [0.15, 0.2) is 0 Å². The zero-order valence-electron chi connectivity index (χ0n) is 11.8. The maximum Gasteiger partial charge on any atom is 0.370 e. The van der Waals surface area contributed by atoms with Crippen molar-refractivity contribution >= 4 is 23.8 Å². The molecule has 20 heavy (non-hydrogen) atoms. The molecule has 0 radical (unpaired) electrons. The Morgan fingerprint density at radius 3 is 2.60 bits per heavy atom. The van der Waals surface area contributed by atoms with Crippen molar-refractivity contribution in [1.29, 1.82) is 0 Å². The van der Waals surface area contributed by atoms with Crippen molar-refractivity contribution in [1.82, 2.24) is 20.3 Å². The summed E-state index contributed by atoms with van der Waals surface area (Å²) in [5.41, 5.74) is 5.78. The largest absolute Gasteiger partial charge is 0.459 e. The van der Waals surface area contributed by atoms with E-state index in [-0.39, 0.29) is 29.9 Å². The number of nitrogens with zero attached hydrogens (tertiary/aromatic N) is 4. The number of ether oxygens (including phenoxy) is 1. The van der Waals surface area contributed by atoms with E-state index in [1.807, 2.05) is 13.8 Å². The van der Waals surface area contributed by atoms with Crippen molar-refractivity contribution in [3.8, 4) is 6.01 Å². The number of aromatic nitrogens is 3. The Balaban J connectivity index is 2.46. The fraction of sp³-hybridized carbons (Fsp3) is 0.545. The molecule has 2 rings (SSSR count). The Hall–Kier alpha value is -2.45. The summed E-state index contributed by atoms with van der Waals surface area (Å²) in [5.74, 6) is 0.594. The van der Waals surface area contributed by atoms with Crippen LogP contribution in [0.5, 0.6) is 6.01 Å². The third-order valence-electron chi connectivity index (χ3n) is 2.70. The SMILES string of the molecule is COc1nc(NC(C)C)nc([N+]2=C(N)NC(=O)[C@H]2C)n1. The van der Waals surface area contributed by atoms with Crippen LogP contribution >= 0.6 is 0 Å². The zero-order valence-corrected chi connectivity index (χ0v) is 11.8. The highest BCUT2D eigenvalue weighted by molar-refractivity contribution is 5.99. The fourth-order valence-corrected chi connectivity index (χ4v) is 1.77. The lowest BCUT2D eigenvalue weighted by Crippen LogP contribution is -2.33. The van der Waals surface area contributed by atoms with E-state index < -0.39 is 6.04 Å². The molecule has 0 saturated heterocycles. The Morgan fingerprint density at radius 1 is 1.40 bits per heavy atom. The molecule has 1 aromatic heterocycles. The number of hydrogen-bond donors (Lipinski definition) is 3. The van der Waals surface area contributed by atoms with Crippen LogP contribution in [0.1, 0.15) is 20.8 Å². The number of amides is 1. The molecule has 1 amide bonds. The van der Waals surface area contributed by atoms with E-state index in [1.165, 1.54) is 11.7 Å². The average Bonchev–Trinajstić information content (AvgIpc) is 2.62. The van der Waals surface area contributed by atoms with Crippen molar-refractivity contribution in [3.63, 3.8) is 0 Å². The maximum absolute atomic E-state index is 11.6.